The zero-order chi connectivity index (χ0) is 14.4. The number of rotatable bonds is 6. The van der Waals surface area contributed by atoms with Crippen LogP contribution < -0.4 is 4.74 Å². The number of alkyl halides is 2. The molecule has 0 unspecified atom stereocenters. The average Bonchev–Trinajstić information content (AvgIpc) is 2.41. The normalized spacial score (nSPS) is 19.6. The van der Waals surface area contributed by atoms with E-state index >= 15 is 0 Å². The minimum absolute atomic E-state index is 0.196. The molecule has 1 aliphatic heterocycles. The van der Waals surface area contributed by atoms with Crippen molar-refractivity contribution >= 4 is 0 Å². The third-order valence-corrected chi connectivity index (χ3v) is 3.39. The van der Waals surface area contributed by atoms with Crippen LogP contribution in [0.4, 0.5) is 8.78 Å². The van der Waals surface area contributed by atoms with Crippen LogP contribution in [0.5, 0.6) is 5.75 Å². The lowest BCUT2D eigenvalue weighted by Crippen LogP contribution is -2.33. The molecule has 0 saturated carbocycles. The minimum atomic E-state index is -2.77. The van der Waals surface area contributed by atoms with E-state index in [4.69, 9.17) is 4.74 Å². The van der Waals surface area contributed by atoms with Crippen LogP contribution in [0.1, 0.15) is 24.8 Å². The highest BCUT2D eigenvalue weighted by Crippen LogP contribution is 2.17. The van der Waals surface area contributed by atoms with Gasteiger partial charge in [0.25, 0.3) is 0 Å². The fourth-order valence-electron chi connectivity index (χ4n) is 2.45. The molecule has 2 rings (SSSR count). The molecule has 0 spiro atoms. The summed E-state index contributed by atoms with van der Waals surface area (Å²) in [5.74, 6) is 0.196. The van der Waals surface area contributed by atoms with Crippen LogP contribution >= 0.6 is 0 Å². The van der Waals surface area contributed by atoms with Gasteiger partial charge in [0, 0.05) is 19.7 Å². The Labute approximate surface area is 118 Å². The molecular weight excluding hydrogens is 264 g/mol. The zero-order valence-corrected chi connectivity index (χ0v) is 11.7. The van der Waals surface area contributed by atoms with Crippen molar-refractivity contribution in [2.75, 3.05) is 20.2 Å². The number of likely N-dealkylation sites (N-methyl/N-ethyl adjacent to an activating group) is 1. The van der Waals surface area contributed by atoms with Crippen molar-refractivity contribution in [3.63, 3.8) is 0 Å². The summed E-state index contributed by atoms with van der Waals surface area (Å²) in [6.45, 7) is -0.241. The first-order chi connectivity index (χ1) is 9.63. The van der Waals surface area contributed by atoms with Crippen LogP contribution in [0.2, 0.25) is 0 Å². The van der Waals surface area contributed by atoms with E-state index in [1.165, 1.54) is 6.42 Å². The maximum absolute atomic E-state index is 12.0. The first-order valence-corrected chi connectivity index (χ1v) is 6.97. The summed E-state index contributed by atoms with van der Waals surface area (Å²) in [5, 5.41) is 0. The highest BCUT2D eigenvalue weighted by Gasteiger charge is 2.15. The molecule has 0 radical (unpaired) electrons. The summed E-state index contributed by atoms with van der Waals surface area (Å²) in [7, 11) is 2.04. The average molecular weight is 285 g/mol. The number of nitrogens with zero attached hydrogens (tertiary/aromatic N) is 1. The molecule has 3 nitrogen and oxygen atoms in total. The van der Waals surface area contributed by atoms with Gasteiger partial charge in [-0.05, 0) is 44.0 Å². The summed E-state index contributed by atoms with van der Waals surface area (Å²) in [6.07, 6.45) is 3.82. The van der Waals surface area contributed by atoms with Gasteiger partial charge in [-0.3, -0.25) is 4.90 Å². The van der Waals surface area contributed by atoms with Gasteiger partial charge in [-0.25, -0.2) is 0 Å². The number of hydrogen-bond acceptors (Lipinski definition) is 3. The Morgan fingerprint density at radius 1 is 1.30 bits per heavy atom. The summed E-state index contributed by atoms with van der Waals surface area (Å²) in [4.78, 5) is 2.19. The molecule has 1 atom stereocenters. The van der Waals surface area contributed by atoms with Gasteiger partial charge in [0.2, 0.25) is 0 Å². The maximum Gasteiger partial charge on any atom is 0.387 e. The van der Waals surface area contributed by atoms with Gasteiger partial charge in [0.15, 0.2) is 0 Å². The molecule has 1 aromatic rings. The van der Waals surface area contributed by atoms with E-state index in [1.807, 2.05) is 19.2 Å². The van der Waals surface area contributed by atoms with E-state index < -0.39 is 6.61 Å². The minimum Gasteiger partial charge on any atom is -0.435 e. The van der Waals surface area contributed by atoms with Gasteiger partial charge in [0.1, 0.15) is 5.75 Å². The van der Waals surface area contributed by atoms with E-state index in [2.05, 4.69) is 9.64 Å². The predicted octanol–water partition coefficient (Wildman–Crippen LogP) is 3.29. The molecule has 1 heterocycles. The fraction of sp³-hybridized carbons (Fsp3) is 0.600. The Kier molecular flexibility index (Phi) is 5.73. The van der Waals surface area contributed by atoms with Crippen molar-refractivity contribution in [1.82, 2.24) is 4.90 Å². The lowest BCUT2D eigenvalue weighted by atomic mass is 10.1. The van der Waals surface area contributed by atoms with E-state index in [1.54, 1.807) is 12.1 Å². The molecule has 5 heteroatoms. The smallest absolute Gasteiger partial charge is 0.387 e. The SMILES string of the molecule is CN(Cc1ccc(OC(F)F)cc1)C[C@@H]1CCCCO1. The molecule has 0 aromatic heterocycles. The predicted molar refractivity (Wildman–Crippen MR) is 73.0 cm³/mol. The van der Waals surface area contributed by atoms with E-state index in [0.29, 0.717) is 6.10 Å². The van der Waals surface area contributed by atoms with Gasteiger partial charge >= 0.3 is 6.61 Å². The van der Waals surface area contributed by atoms with Gasteiger partial charge < -0.3 is 9.47 Å². The Balaban J connectivity index is 1.79. The molecule has 0 N–H and O–H groups in total. The van der Waals surface area contributed by atoms with Gasteiger partial charge in [-0.15, -0.1) is 0 Å². The van der Waals surface area contributed by atoms with Crippen LogP contribution in [-0.2, 0) is 11.3 Å². The molecule has 0 aliphatic carbocycles. The summed E-state index contributed by atoms with van der Waals surface area (Å²) >= 11 is 0. The Morgan fingerprint density at radius 3 is 2.65 bits per heavy atom. The molecule has 20 heavy (non-hydrogen) atoms. The molecule has 1 saturated heterocycles. The molecule has 0 amide bonds. The van der Waals surface area contributed by atoms with Crippen LogP contribution in [0.25, 0.3) is 0 Å². The van der Waals surface area contributed by atoms with Gasteiger partial charge in [-0.1, -0.05) is 12.1 Å². The topological polar surface area (TPSA) is 21.7 Å². The van der Waals surface area contributed by atoms with Crippen molar-refractivity contribution in [1.29, 1.82) is 0 Å². The first kappa shape index (κ1) is 15.2. The van der Waals surface area contributed by atoms with Gasteiger partial charge in [0.05, 0.1) is 6.10 Å². The van der Waals surface area contributed by atoms with Crippen LogP contribution in [0.15, 0.2) is 24.3 Å². The molecule has 1 fully saturated rings. The second kappa shape index (κ2) is 7.55. The number of ether oxygens (including phenoxy) is 2. The highest BCUT2D eigenvalue weighted by atomic mass is 19.3. The standard InChI is InChI=1S/C15H21F2NO2/c1-18(11-14-4-2-3-9-19-14)10-12-5-7-13(8-6-12)20-15(16)17/h5-8,14-15H,2-4,9-11H2,1H3/t14-/m0/s1. The van der Waals surface area contributed by atoms with E-state index in [-0.39, 0.29) is 5.75 Å². The highest BCUT2D eigenvalue weighted by molar-refractivity contribution is 5.27. The molecule has 112 valence electrons. The monoisotopic (exact) mass is 285 g/mol. The van der Waals surface area contributed by atoms with Crippen molar-refractivity contribution in [3.05, 3.63) is 29.8 Å². The summed E-state index contributed by atoms with van der Waals surface area (Å²) in [6, 6.07) is 6.78. The summed E-state index contributed by atoms with van der Waals surface area (Å²) < 4.78 is 34.1. The van der Waals surface area contributed by atoms with Crippen LogP contribution in [-0.4, -0.2) is 37.8 Å². The van der Waals surface area contributed by atoms with E-state index in [0.717, 1.165) is 38.1 Å². The lowest BCUT2D eigenvalue weighted by molar-refractivity contribution is -0.0498. The Hall–Kier alpha value is -1.20. The fourth-order valence-corrected chi connectivity index (χ4v) is 2.45. The number of halogens is 2. The Morgan fingerprint density at radius 2 is 2.05 bits per heavy atom. The molecule has 0 bridgehead atoms. The second-order valence-electron chi connectivity index (χ2n) is 5.21. The third-order valence-electron chi connectivity index (χ3n) is 3.39. The van der Waals surface area contributed by atoms with Gasteiger partial charge in [-0.2, -0.15) is 8.78 Å². The number of benzene rings is 1. The first-order valence-electron chi connectivity index (χ1n) is 6.97. The summed E-state index contributed by atoms with van der Waals surface area (Å²) in [5.41, 5.74) is 1.07. The largest absolute Gasteiger partial charge is 0.435 e. The van der Waals surface area contributed by atoms with Crippen LogP contribution in [0.3, 0.4) is 0 Å². The Bertz CT molecular complexity index is 391. The number of hydrogen-bond donors (Lipinski definition) is 0. The van der Waals surface area contributed by atoms with Crippen LogP contribution in [0, 0.1) is 0 Å². The van der Waals surface area contributed by atoms with Crippen molar-refractivity contribution in [3.8, 4) is 5.75 Å². The third kappa shape index (κ3) is 5.06. The molecular formula is C15H21F2NO2. The van der Waals surface area contributed by atoms with Crippen molar-refractivity contribution in [2.45, 2.75) is 38.5 Å². The molecule has 1 aromatic carbocycles. The zero-order valence-electron chi connectivity index (χ0n) is 11.7. The molecule has 1 aliphatic rings. The lowest BCUT2D eigenvalue weighted by Gasteiger charge is -2.27. The van der Waals surface area contributed by atoms with Crippen molar-refractivity contribution < 1.29 is 18.3 Å². The van der Waals surface area contributed by atoms with Crippen molar-refractivity contribution in [2.24, 2.45) is 0 Å². The quantitative estimate of drug-likeness (QED) is 0.800. The maximum atomic E-state index is 12.0. The van der Waals surface area contributed by atoms with E-state index in [9.17, 15) is 8.78 Å². The second-order valence-corrected chi connectivity index (χ2v) is 5.21.